The first-order chi connectivity index (χ1) is 10.8. The van der Waals surface area contributed by atoms with Crippen molar-refractivity contribution in [2.75, 3.05) is 13.7 Å². The van der Waals surface area contributed by atoms with E-state index in [4.69, 9.17) is 0 Å². The minimum Gasteiger partial charge on any atom is -0.396 e. The molecule has 1 aromatic heterocycles. The van der Waals surface area contributed by atoms with Gasteiger partial charge in [0.05, 0.1) is 12.2 Å². The number of nitrogens with zero attached hydrogens (tertiary/aromatic N) is 4. The van der Waals surface area contributed by atoms with Gasteiger partial charge in [0.25, 0.3) is 0 Å². The summed E-state index contributed by atoms with van der Waals surface area (Å²) in [5.74, 6) is 1.36. The van der Waals surface area contributed by atoms with Crippen molar-refractivity contribution < 1.29 is 5.11 Å². The zero-order chi connectivity index (χ0) is 15.4. The molecular formula is C17H24N4O. The summed E-state index contributed by atoms with van der Waals surface area (Å²) in [6.07, 6.45) is 6.33. The second kappa shape index (κ2) is 7.03. The van der Waals surface area contributed by atoms with Crippen molar-refractivity contribution in [1.29, 1.82) is 0 Å². The molecule has 0 amide bonds. The number of aliphatic hydroxyl groups is 1. The van der Waals surface area contributed by atoms with Gasteiger partial charge in [-0.2, -0.15) is 0 Å². The van der Waals surface area contributed by atoms with E-state index >= 15 is 0 Å². The Hall–Kier alpha value is -1.72. The highest BCUT2D eigenvalue weighted by Crippen LogP contribution is 2.27. The van der Waals surface area contributed by atoms with Crippen LogP contribution in [0.3, 0.4) is 0 Å². The third kappa shape index (κ3) is 3.54. The fourth-order valence-electron chi connectivity index (χ4n) is 3.20. The fraction of sp³-hybridized carbons (Fsp3) is 0.529. The number of para-hydroxylation sites is 1. The van der Waals surface area contributed by atoms with Crippen molar-refractivity contribution in [2.24, 2.45) is 5.92 Å². The van der Waals surface area contributed by atoms with Crippen LogP contribution in [0.4, 0.5) is 0 Å². The molecule has 1 saturated carbocycles. The van der Waals surface area contributed by atoms with E-state index in [0.29, 0.717) is 18.6 Å². The number of hydrogen-bond donors (Lipinski definition) is 1. The van der Waals surface area contributed by atoms with Gasteiger partial charge >= 0.3 is 0 Å². The Balaban J connectivity index is 1.58. The first kappa shape index (κ1) is 15.2. The molecule has 5 nitrogen and oxygen atoms in total. The van der Waals surface area contributed by atoms with E-state index in [2.05, 4.69) is 22.0 Å². The molecule has 118 valence electrons. The van der Waals surface area contributed by atoms with Gasteiger partial charge in [-0.25, -0.2) is 9.67 Å². The molecule has 1 heterocycles. The highest BCUT2D eigenvalue weighted by atomic mass is 16.3. The van der Waals surface area contributed by atoms with E-state index in [9.17, 15) is 5.11 Å². The third-order valence-corrected chi connectivity index (χ3v) is 4.65. The maximum absolute atomic E-state index is 9.23. The van der Waals surface area contributed by atoms with E-state index in [-0.39, 0.29) is 0 Å². The van der Waals surface area contributed by atoms with Gasteiger partial charge in [0, 0.05) is 12.6 Å². The van der Waals surface area contributed by atoms with Crippen LogP contribution in [-0.4, -0.2) is 44.5 Å². The topological polar surface area (TPSA) is 54.2 Å². The lowest BCUT2D eigenvalue weighted by atomic mass is 9.86. The van der Waals surface area contributed by atoms with Crippen molar-refractivity contribution in [3.63, 3.8) is 0 Å². The number of aliphatic hydroxyl groups excluding tert-OH is 1. The van der Waals surface area contributed by atoms with Gasteiger partial charge in [-0.1, -0.05) is 18.2 Å². The summed E-state index contributed by atoms with van der Waals surface area (Å²) in [7, 11) is 2.15. The smallest absolute Gasteiger partial charge is 0.164 e. The van der Waals surface area contributed by atoms with Crippen molar-refractivity contribution in [1.82, 2.24) is 19.7 Å². The Morgan fingerprint density at radius 1 is 1.18 bits per heavy atom. The van der Waals surface area contributed by atoms with Gasteiger partial charge < -0.3 is 5.11 Å². The number of hydrogen-bond acceptors (Lipinski definition) is 4. The predicted molar refractivity (Wildman–Crippen MR) is 85.7 cm³/mol. The first-order valence-electron chi connectivity index (χ1n) is 8.03. The fourth-order valence-corrected chi connectivity index (χ4v) is 3.20. The number of benzene rings is 1. The largest absolute Gasteiger partial charge is 0.396 e. The molecule has 5 heteroatoms. The van der Waals surface area contributed by atoms with E-state index < -0.39 is 0 Å². The Bertz CT molecular complexity index is 575. The summed E-state index contributed by atoms with van der Waals surface area (Å²) >= 11 is 0. The summed E-state index contributed by atoms with van der Waals surface area (Å²) in [5, 5.41) is 13.8. The maximum atomic E-state index is 9.23. The van der Waals surface area contributed by atoms with Crippen LogP contribution in [-0.2, 0) is 6.54 Å². The van der Waals surface area contributed by atoms with Gasteiger partial charge in [-0.3, -0.25) is 4.90 Å². The Morgan fingerprint density at radius 3 is 2.59 bits per heavy atom. The van der Waals surface area contributed by atoms with Gasteiger partial charge in [-0.05, 0) is 50.8 Å². The van der Waals surface area contributed by atoms with Crippen LogP contribution in [0.2, 0.25) is 0 Å². The van der Waals surface area contributed by atoms with Gasteiger partial charge in [-0.15, -0.1) is 5.10 Å². The number of aromatic nitrogens is 3. The van der Waals surface area contributed by atoms with Crippen LogP contribution < -0.4 is 0 Å². The lowest BCUT2D eigenvalue weighted by Crippen LogP contribution is -2.35. The molecular weight excluding hydrogens is 276 g/mol. The Labute approximate surface area is 131 Å². The summed E-state index contributed by atoms with van der Waals surface area (Å²) in [4.78, 5) is 6.77. The monoisotopic (exact) mass is 300 g/mol. The van der Waals surface area contributed by atoms with E-state index in [1.54, 1.807) is 6.33 Å². The van der Waals surface area contributed by atoms with Crippen molar-refractivity contribution in [2.45, 2.75) is 38.3 Å². The number of rotatable bonds is 5. The van der Waals surface area contributed by atoms with Crippen LogP contribution >= 0.6 is 0 Å². The molecule has 2 aromatic rings. The van der Waals surface area contributed by atoms with Crippen molar-refractivity contribution in [3.05, 3.63) is 42.5 Å². The highest BCUT2D eigenvalue weighted by molar-refractivity contribution is 5.29. The Kier molecular flexibility index (Phi) is 4.85. The molecule has 0 atom stereocenters. The minimum atomic E-state index is 0.333. The molecule has 0 spiro atoms. The Morgan fingerprint density at radius 2 is 1.91 bits per heavy atom. The van der Waals surface area contributed by atoms with Crippen LogP contribution in [0.1, 0.15) is 31.5 Å². The van der Waals surface area contributed by atoms with Crippen molar-refractivity contribution in [3.8, 4) is 5.69 Å². The molecule has 1 N–H and O–H groups in total. The quantitative estimate of drug-likeness (QED) is 0.920. The van der Waals surface area contributed by atoms with E-state index in [1.165, 1.54) is 0 Å². The van der Waals surface area contributed by atoms with E-state index in [1.807, 2.05) is 35.0 Å². The summed E-state index contributed by atoms with van der Waals surface area (Å²) in [6.45, 7) is 1.10. The minimum absolute atomic E-state index is 0.333. The van der Waals surface area contributed by atoms with Crippen LogP contribution in [0.25, 0.3) is 5.69 Å². The van der Waals surface area contributed by atoms with E-state index in [0.717, 1.165) is 43.7 Å². The molecule has 0 aliphatic heterocycles. The van der Waals surface area contributed by atoms with Gasteiger partial charge in [0.15, 0.2) is 5.82 Å². The molecule has 1 aliphatic rings. The zero-order valence-electron chi connectivity index (χ0n) is 13.1. The SMILES string of the molecule is CN(Cc1ncn(-c2ccccc2)n1)C1CCC(CO)CC1. The second-order valence-electron chi connectivity index (χ2n) is 6.21. The van der Waals surface area contributed by atoms with Crippen LogP contribution in [0.15, 0.2) is 36.7 Å². The molecule has 0 bridgehead atoms. The summed E-state index contributed by atoms with van der Waals surface area (Å²) < 4.78 is 1.83. The molecule has 0 unspecified atom stereocenters. The lowest BCUT2D eigenvalue weighted by molar-refractivity contribution is 0.122. The normalized spacial score (nSPS) is 22.1. The van der Waals surface area contributed by atoms with Gasteiger partial charge in [0.2, 0.25) is 0 Å². The summed E-state index contributed by atoms with van der Waals surface area (Å²) in [6, 6.07) is 10.6. The molecule has 1 aromatic carbocycles. The maximum Gasteiger partial charge on any atom is 0.164 e. The molecule has 22 heavy (non-hydrogen) atoms. The average Bonchev–Trinajstić information content (AvgIpc) is 3.04. The molecule has 0 saturated heterocycles. The lowest BCUT2D eigenvalue weighted by Gasteiger charge is -2.33. The highest BCUT2D eigenvalue weighted by Gasteiger charge is 2.24. The molecule has 1 aliphatic carbocycles. The standard InChI is InChI=1S/C17H24N4O/c1-20(15-9-7-14(12-22)8-10-15)11-17-18-13-21(19-17)16-5-3-2-4-6-16/h2-6,13-15,22H,7-12H2,1H3. The predicted octanol–water partition coefficient (Wildman–Crippen LogP) is 2.25. The second-order valence-corrected chi connectivity index (χ2v) is 6.21. The first-order valence-corrected chi connectivity index (χ1v) is 8.03. The van der Waals surface area contributed by atoms with Crippen molar-refractivity contribution >= 4 is 0 Å². The van der Waals surface area contributed by atoms with Gasteiger partial charge in [0.1, 0.15) is 6.33 Å². The zero-order valence-corrected chi connectivity index (χ0v) is 13.1. The molecule has 3 rings (SSSR count). The summed E-state index contributed by atoms with van der Waals surface area (Å²) in [5.41, 5.74) is 1.03. The molecule has 1 fully saturated rings. The molecule has 0 radical (unpaired) electrons. The van der Waals surface area contributed by atoms with Crippen LogP contribution in [0, 0.1) is 5.92 Å². The van der Waals surface area contributed by atoms with Crippen LogP contribution in [0.5, 0.6) is 0 Å². The average molecular weight is 300 g/mol. The third-order valence-electron chi connectivity index (χ3n) is 4.65.